The third-order valence-corrected chi connectivity index (χ3v) is 4.10. The monoisotopic (exact) mass is 278 g/mol. The van der Waals surface area contributed by atoms with Crippen molar-refractivity contribution in [3.63, 3.8) is 0 Å². The van der Waals surface area contributed by atoms with Gasteiger partial charge in [0, 0.05) is 19.3 Å². The molecule has 1 aromatic carbocycles. The predicted molar refractivity (Wildman–Crippen MR) is 75.7 cm³/mol. The minimum absolute atomic E-state index is 0.205. The van der Waals surface area contributed by atoms with Gasteiger partial charge in [0.2, 0.25) is 0 Å². The van der Waals surface area contributed by atoms with Gasteiger partial charge in [-0.2, -0.15) is 5.10 Å². The molecular weight excluding hydrogens is 260 g/mol. The Morgan fingerprint density at radius 3 is 2.68 bits per heavy atom. The van der Waals surface area contributed by atoms with Crippen LogP contribution in [0.1, 0.15) is 12.0 Å². The van der Waals surface area contributed by atoms with Crippen LogP contribution in [0.4, 0.5) is 0 Å². The Morgan fingerprint density at radius 2 is 2.11 bits per heavy atom. The summed E-state index contributed by atoms with van der Waals surface area (Å²) in [5, 5.41) is 15.5. The number of aromatic nitrogens is 3. The number of nitrogens with zero attached hydrogens (tertiary/aromatic N) is 3. The first-order valence-electron chi connectivity index (χ1n) is 6.10. The molecule has 0 bridgehead atoms. The second-order valence-electron chi connectivity index (χ2n) is 4.37. The van der Waals surface area contributed by atoms with Gasteiger partial charge in [0.1, 0.15) is 11.9 Å². The fraction of sp³-hybridized carbons (Fsp3) is 0.385. The molecule has 19 heavy (non-hydrogen) atoms. The molecule has 0 saturated heterocycles. The molecule has 102 valence electrons. The molecule has 6 heteroatoms. The summed E-state index contributed by atoms with van der Waals surface area (Å²) < 4.78 is 1.72. The van der Waals surface area contributed by atoms with E-state index in [4.69, 9.17) is 5.73 Å². The van der Waals surface area contributed by atoms with Gasteiger partial charge in [-0.3, -0.25) is 0 Å². The lowest BCUT2D eigenvalue weighted by molar-refractivity contribution is 0.0431. The molecule has 1 heterocycles. The Morgan fingerprint density at radius 1 is 1.37 bits per heavy atom. The molecule has 0 aliphatic heterocycles. The van der Waals surface area contributed by atoms with Crippen molar-refractivity contribution in [1.29, 1.82) is 0 Å². The summed E-state index contributed by atoms with van der Waals surface area (Å²) >= 11 is 1.56. The van der Waals surface area contributed by atoms with E-state index in [1.165, 1.54) is 6.33 Å². The maximum Gasteiger partial charge on any atom is 0.185 e. The number of benzene rings is 1. The lowest BCUT2D eigenvalue weighted by Gasteiger charge is -2.26. The Labute approximate surface area is 116 Å². The van der Waals surface area contributed by atoms with Crippen molar-refractivity contribution in [2.75, 3.05) is 12.3 Å². The molecular formula is C13H18N4OS. The Hall–Kier alpha value is -1.37. The van der Waals surface area contributed by atoms with E-state index in [1.807, 2.05) is 37.4 Å². The van der Waals surface area contributed by atoms with Gasteiger partial charge in [-0.1, -0.05) is 42.1 Å². The topological polar surface area (TPSA) is 77.0 Å². The predicted octanol–water partition coefficient (Wildman–Crippen LogP) is 1.14. The summed E-state index contributed by atoms with van der Waals surface area (Å²) in [6.07, 6.45) is 2.10. The summed E-state index contributed by atoms with van der Waals surface area (Å²) in [5.41, 5.74) is 5.61. The van der Waals surface area contributed by atoms with E-state index in [1.54, 1.807) is 16.4 Å². The minimum Gasteiger partial charge on any atom is -0.384 e. The van der Waals surface area contributed by atoms with Crippen molar-refractivity contribution < 1.29 is 5.11 Å². The van der Waals surface area contributed by atoms with Crippen LogP contribution in [0.25, 0.3) is 0 Å². The fourth-order valence-corrected chi connectivity index (χ4v) is 2.82. The highest BCUT2D eigenvalue weighted by Gasteiger charge is 2.27. The number of thioether (sulfide) groups is 1. The van der Waals surface area contributed by atoms with Crippen LogP contribution < -0.4 is 5.73 Å². The quantitative estimate of drug-likeness (QED) is 0.775. The van der Waals surface area contributed by atoms with Gasteiger partial charge < -0.3 is 10.8 Å². The molecule has 1 atom stereocenters. The van der Waals surface area contributed by atoms with Crippen LogP contribution in [0.5, 0.6) is 0 Å². The van der Waals surface area contributed by atoms with Gasteiger partial charge >= 0.3 is 0 Å². The molecule has 0 fully saturated rings. The molecule has 2 rings (SSSR count). The van der Waals surface area contributed by atoms with Crippen LogP contribution in [0, 0.1) is 0 Å². The van der Waals surface area contributed by atoms with E-state index in [0.29, 0.717) is 6.42 Å². The summed E-state index contributed by atoms with van der Waals surface area (Å²) in [6, 6.07) is 9.55. The van der Waals surface area contributed by atoms with Crippen molar-refractivity contribution in [2.24, 2.45) is 12.8 Å². The normalized spacial score (nSPS) is 14.3. The first kappa shape index (κ1) is 14.0. The second-order valence-corrected chi connectivity index (χ2v) is 5.43. The standard InChI is InChI=1S/C13H18N4OS/c1-17-12(15-10-16-17)19-8-7-13(18,9-14)11-5-3-2-4-6-11/h2-6,10,18H,7-9,14H2,1H3. The highest BCUT2D eigenvalue weighted by Crippen LogP contribution is 2.27. The van der Waals surface area contributed by atoms with Crippen LogP contribution in [0.3, 0.4) is 0 Å². The van der Waals surface area contributed by atoms with E-state index in [0.717, 1.165) is 16.5 Å². The lowest BCUT2D eigenvalue weighted by atomic mass is 9.91. The highest BCUT2D eigenvalue weighted by molar-refractivity contribution is 7.99. The molecule has 1 unspecified atom stereocenters. The molecule has 0 amide bonds. The minimum atomic E-state index is -0.979. The summed E-state index contributed by atoms with van der Waals surface area (Å²) in [4.78, 5) is 4.14. The first-order valence-corrected chi connectivity index (χ1v) is 7.09. The number of hydrogen-bond donors (Lipinski definition) is 2. The smallest absolute Gasteiger partial charge is 0.185 e. The van der Waals surface area contributed by atoms with Gasteiger partial charge in [0.05, 0.1) is 0 Å². The van der Waals surface area contributed by atoms with Gasteiger partial charge in [-0.05, 0) is 12.0 Å². The van der Waals surface area contributed by atoms with Gasteiger partial charge in [-0.25, -0.2) is 9.67 Å². The van der Waals surface area contributed by atoms with Crippen LogP contribution in [0.15, 0.2) is 41.8 Å². The molecule has 5 nitrogen and oxygen atoms in total. The molecule has 0 radical (unpaired) electrons. The van der Waals surface area contributed by atoms with Crippen molar-refractivity contribution in [1.82, 2.24) is 14.8 Å². The average Bonchev–Trinajstić information content (AvgIpc) is 2.85. The Kier molecular flexibility index (Phi) is 4.57. The lowest BCUT2D eigenvalue weighted by Crippen LogP contribution is -2.35. The summed E-state index contributed by atoms with van der Waals surface area (Å²) in [7, 11) is 1.85. The second kappa shape index (κ2) is 6.18. The van der Waals surface area contributed by atoms with Crippen LogP contribution in [0.2, 0.25) is 0 Å². The molecule has 3 N–H and O–H groups in total. The third-order valence-electron chi connectivity index (χ3n) is 3.07. The molecule has 0 saturated carbocycles. The van der Waals surface area contributed by atoms with Crippen molar-refractivity contribution in [2.45, 2.75) is 17.2 Å². The van der Waals surface area contributed by atoms with Crippen LogP contribution in [-0.2, 0) is 12.6 Å². The number of rotatable bonds is 6. The van der Waals surface area contributed by atoms with Crippen molar-refractivity contribution >= 4 is 11.8 Å². The zero-order chi connectivity index (χ0) is 13.7. The summed E-state index contributed by atoms with van der Waals surface area (Å²) in [5.74, 6) is 0.731. The number of hydrogen-bond acceptors (Lipinski definition) is 5. The average molecular weight is 278 g/mol. The SMILES string of the molecule is Cn1ncnc1SCCC(O)(CN)c1ccccc1. The fourth-order valence-electron chi connectivity index (χ4n) is 1.84. The van der Waals surface area contributed by atoms with E-state index < -0.39 is 5.60 Å². The first-order chi connectivity index (χ1) is 9.15. The zero-order valence-corrected chi connectivity index (χ0v) is 11.7. The van der Waals surface area contributed by atoms with Gasteiger partial charge in [0.15, 0.2) is 5.16 Å². The number of nitrogens with two attached hydrogens (primary N) is 1. The summed E-state index contributed by atoms with van der Waals surface area (Å²) in [6.45, 7) is 0.205. The van der Waals surface area contributed by atoms with E-state index in [9.17, 15) is 5.11 Å². The van der Waals surface area contributed by atoms with Crippen LogP contribution in [-0.4, -0.2) is 32.2 Å². The molecule has 0 aliphatic rings. The molecule has 0 spiro atoms. The van der Waals surface area contributed by atoms with Crippen molar-refractivity contribution in [3.05, 3.63) is 42.2 Å². The number of aliphatic hydroxyl groups is 1. The number of aryl methyl sites for hydroxylation is 1. The van der Waals surface area contributed by atoms with E-state index in [-0.39, 0.29) is 6.54 Å². The largest absolute Gasteiger partial charge is 0.384 e. The highest BCUT2D eigenvalue weighted by atomic mass is 32.2. The molecule has 1 aromatic heterocycles. The Balaban J connectivity index is 1.98. The third kappa shape index (κ3) is 3.34. The van der Waals surface area contributed by atoms with Gasteiger partial charge in [0.25, 0.3) is 0 Å². The van der Waals surface area contributed by atoms with E-state index >= 15 is 0 Å². The van der Waals surface area contributed by atoms with Crippen molar-refractivity contribution in [3.8, 4) is 0 Å². The maximum atomic E-state index is 10.6. The Bertz CT molecular complexity index is 516. The van der Waals surface area contributed by atoms with Crippen LogP contribution >= 0.6 is 11.8 Å². The molecule has 2 aromatic rings. The molecule has 0 aliphatic carbocycles. The zero-order valence-electron chi connectivity index (χ0n) is 10.9. The van der Waals surface area contributed by atoms with Gasteiger partial charge in [-0.15, -0.1) is 0 Å². The maximum absolute atomic E-state index is 10.6. The van der Waals surface area contributed by atoms with E-state index in [2.05, 4.69) is 10.1 Å².